The van der Waals surface area contributed by atoms with Crippen molar-refractivity contribution in [3.05, 3.63) is 0 Å². The topological polar surface area (TPSA) is 222 Å². The van der Waals surface area contributed by atoms with Crippen LogP contribution in [-0.4, -0.2) is 95.8 Å². The van der Waals surface area contributed by atoms with Crippen molar-refractivity contribution in [2.75, 3.05) is 26.7 Å². The van der Waals surface area contributed by atoms with E-state index in [4.69, 9.17) is 5.84 Å². The minimum absolute atomic E-state index is 0.00395. The van der Waals surface area contributed by atoms with E-state index in [1.54, 1.807) is 7.05 Å². The van der Waals surface area contributed by atoms with E-state index >= 15 is 0 Å². The summed E-state index contributed by atoms with van der Waals surface area (Å²) in [5.41, 5.74) is 2.24. The lowest BCUT2D eigenvalue weighted by molar-refractivity contribution is -0.305. The van der Waals surface area contributed by atoms with Crippen LogP contribution in [-0.2, 0) is 19.2 Å². The zero-order valence-electron chi connectivity index (χ0n) is 21.9. The first-order valence-corrected chi connectivity index (χ1v) is 13.0. The van der Waals surface area contributed by atoms with Crippen LogP contribution < -0.4 is 32.3 Å². The lowest BCUT2D eigenvalue weighted by Crippen LogP contribution is -2.64. The Bertz CT molecular complexity index is 983. The van der Waals surface area contributed by atoms with Crippen molar-refractivity contribution in [3.8, 4) is 0 Å². The van der Waals surface area contributed by atoms with Crippen molar-refractivity contribution in [2.24, 2.45) is 22.8 Å². The molecule has 6 N–H and O–H groups in total. The molecule has 3 aliphatic rings. The molecule has 0 aromatic carbocycles. The standard InChI is InChI=1S/C23H37N9O7/c1-25-20(36)15-6-4-14(5-7-15)12-26-22(38)29-27-13-16(11-19(34)35)28-21(37)17-3-2-9-31-18(33)8-10-30(24)23(39)32(17)31/h13-17H,2-12,24H2,1H3,(H,25,36)(H,28,37)(H,34,35)(H2,26,29,38)/p-1/b27-13+/t14?,15?,16-,17-/m0/s1. The van der Waals surface area contributed by atoms with Gasteiger partial charge in [-0.1, -0.05) is 0 Å². The third kappa shape index (κ3) is 8.02. The molecule has 1 saturated carbocycles. The number of nitrogens with zero attached hydrogens (tertiary/aromatic N) is 4. The van der Waals surface area contributed by atoms with Gasteiger partial charge in [-0.05, 0) is 44.4 Å². The maximum atomic E-state index is 13.1. The van der Waals surface area contributed by atoms with E-state index in [1.807, 2.05) is 0 Å². The van der Waals surface area contributed by atoms with E-state index in [9.17, 15) is 33.9 Å². The molecule has 0 radical (unpaired) electrons. The molecular weight excluding hydrogens is 514 g/mol. The fraction of sp³-hybridized carbons (Fsp3) is 0.696. The average molecular weight is 551 g/mol. The zero-order valence-corrected chi connectivity index (χ0v) is 21.9. The van der Waals surface area contributed by atoms with E-state index in [2.05, 4.69) is 26.5 Å². The summed E-state index contributed by atoms with van der Waals surface area (Å²) in [4.78, 5) is 73.4. The van der Waals surface area contributed by atoms with E-state index in [-0.39, 0.29) is 49.6 Å². The first kappa shape index (κ1) is 29.6. The number of nitrogens with one attached hydrogen (secondary N) is 4. The van der Waals surface area contributed by atoms with Gasteiger partial charge in [-0.3, -0.25) is 19.4 Å². The van der Waals surface area contributed by atoms with Gasteiger partial charge in [0, 0.05) is 57.6 Å². The number of carboxylic acid groups (broad SMARTS) is 1. The minimum Gasteiger partial charge on any atom is -0.550 e. The smallest absolute Gasteiger partial charge is 0.353 e. The van der Waals surface area contributed by atoms with Gasteiger partial charge < -0.3 is 25.9 Å². The van der Waals surface area contributed by atoms with Gasteiger partial charge in [-0.15, -0.1) is 0 Å². The molecule has 7 amide bonds. The second-order valence-electron chi connectivity index (χ2n) is 9.87. The van der Waals surface area contributed by atoms with Gasteiger partial charge in [0.15, 0.2) is 0 Å². The molecule has 1 aliphatic carbocycles. The van der Waals surface area contributed by atoms with Gasteiger partial charge in [-0.25, -0.2) is 30.9 Å². The number of hydrazone groups is 1. The highest BCUT2D eigenvalue weighted by Crippen LogP contribution is 2.28. The second kappa shape index (κ2) is 13.7. The number of carboxylic acids is 1. The molecule has 16 heteroatoms. The van der Waals surface area contributed by atoms with Crippen molar-refractivity contribution in [1.82, 2.24) is 36.4 Å². The summed E-state index contributed by atoms with van der Waals surface area (Å²) < 4.78 is 0. The molecule has 2 aliphatic heterocycles. The third-order valence-corrected chi connectivity index (χ3v) is 7.15. The number of fused-ring (bicyclic) bond motifs is 1. The number of hydrogen-bond donors (Lipinski definition) is 5. The summed E-state index contributed by atoms with van der Waals surface area (Å²) >= 11 is 0. The lowest BCUT2D eigenvalue weighted by Gasteiger charge is -2.42. The van der Waals surface area contributed by atoms with E-state index in [0.717, 1.165) is 41.9 Å². The molecule has 2 atom stereocenters. The first-order chi connectivity index (χ1) is 18.6. The van der Waals surface area contributed by atoms with Crippen LogP contribution >= 0.6 is 0 Å². The third-order valence-electron chi connectivity index (χ3n) is 7.15. The highest BCUT2D eigenvalue weighted by atomic mass is 16.4. The summed E-state index contributed by atoms with van der Waals surface area (Å²) in [5, 5.41) is 25.9. The Morgan fingerprint density at radius 1 is 1.10 bits per heavy atom. The van der Waals surface area contributed by atoms with Crippen LogP contribution in [0.3, 0.4) is 0 Å². The van der Waals surface area contributed by atoms with Gasteiger partial charge >= 0.3 is 12.1 Å². The molecule has 216 valence electrons. The van der Waals surface area contributed by atoms with Crippen LogP contribution in [0.5, 0.6) is 0 Å². The Kier molecular flexibility index (Phi) is 10.4. The molecule has 3 rings (SSSR count). The first-order valence-electron chi connectivity index (χ1n) is 13.0. The van der Waals surface area contributed by atoms with Gasteiger partial charge in [0.05, 0.1) is 6.04 Å². The Morgan fingerprint density at radius 2 is 1.82 bits per heavy atom. The normalized spacial score (nSPS) is 24.5. The molecule has 0 aromatic heterocycles. The van der Waals surface area contributed by atoms with Crippen molar-refractivity contribution >= 4 is 42.0 Å². The van der Waals surface area contributed by atoms with Crippen molar-refractivity contribution in [1.29, 1.82) is 0 Å². The SMILES string of the molecule is CNC(=O)C1CCC(CNC(=O)N/N=C/[C@H](CC(=O)[O-])NC(=O)[C@@H]2CCCN3C(=O)CCN(N)C(=O)N23)CC1. The Labute approximate surface area is 225 Å². The van der Waals surface area contributed by atoms with Crippen LogP contribution in [0.1, 0.15) is 51.4 Å². The number of carbonyl (C=O) groups excluding carboxylic acids is 6. The Balaban J connectivity index is 1.52. The molecular formula is C23H36N9O7-. The predicted molar refractivity (Wildman–Crippen MR) is 134 cm³/mol. The summed E-state index contributed by atoms with van der Waals surface area (Å²) in [6.45, 7) is 0.643. The number of urea groups is 2. The Hall–Kier alpha value is -3.95. The van der Waals surface area contributed by atoms with Crippen molar-refractivity contribution < 1.29 is 33.9 Å². The van der Waals surface area contributed by atoms with Crippen LogP contribution in [0.2, 0.25) is 0 Å². The Morgan fingerprint density at radius 3 is 2.49 bits per heavy atom. The molecule has 3 fully saturated rings. The van der Waals surface area contributed by atoms with Crippen LogP contribution in [0.15, 0.2) is 5.10 Å². The van der Waals surface area contributed by atoms with Gasteiger partial charge in [-0.2, -0.15) is 5.10 Å². The summed E-state index contributed by atoms with van der Waals surface area (Å²) in [6.07, 6.45) is 4.19. The number of hydrazine groups is 2. The molecule has 0 unspecified atom stereocenters. The van der Waals surface area contributed by atoms with Gasteiger partial charge in [0.2, 0.25) is 17.7 Å². The maximum absolute atomic E-state index is 13.1. The minimum atomic E-state index is -1.47. The predicted octanol–water partition coefficient (Wildman–Crippen LogP) is -2.64. The van der Waals surface area contributed by atoms with Crippen molar-refractivity contribution in [3.63, 3.8) is 0 Å². The summed E-state index contributed by atoms with van der Waals surface area (Å²) in [6, 6.07) is -3.58. The van der Waals surface area contributed by atoms with Crippen LogP contribution in [0, 0.1) is 11.8 Å². The molecule has 0 spiro atoms. The zero-order chi connectivity index (χ0) is 28.5. The number of aliphatic carboxylic acids is 1. The molecule has 2 saturated heterocycles. The van der Waals surface area contributed by atoms with Gasteiger partial charge in [0.1, 0.15) is 6.04 Å². The monoisotopic (exact) mass is 550 g/mol. The second-order valence-corrected chi connectivity index (χ2v) is 9.87. The number of nitrogens with two attached hydrogens (primary N) is 1. The number of amides is 7. The maximum Gasteiger partial charge on any atom is 0.353 e. The quantitative estimate of drug-likeness (QED) is 0.0881. The van der Waals surface area contributed by atoms with E-state index in [0.29, 0.717) is 13.0 Å². The molecule has 0 aromatic rings. The lowest BCUT2D eigenvalue weighted by atomic mass is 9.81. The summed E-state index contributed by atoms with van der Waals surface area (Å²) in [7, 11) is 1.61. The number of hydrogen-bond acceptors (Lipinski definition) is 9. The van der Waals surface area contributed by atoms with Crippen LogP contribution in [0.4, 0.5) is 9.59 Å². The number of rotatable bonds is 9. The molecule has 2 heterocycles. The fourth-order valence-corrected chi connectivity index (χ4v) is 5.02. The van der Waals surface area contributed by atoms with Crippen LogP contribution in [0.25, 0.3) is 0 Å². The average Bonchev–Trinajstić information content (AvgIpc) is 3.03. The fourth-order valence-electron chi connectivity index (χ4n) is 5.02. The molecule has 0 bridgehead atoms. The van der Waals surface area contributed by atoms with E-state index < -0.39 is 42.4 Å². The van der Waals surface area contributed by atoms with Gasteiger partial charge in [0.25, 0.3) is 0 Å². The highest BCUT2D eigenvalue weighted by molar-refractivity contribution is 5.92. The van der Waals surface area contributed by atoms with Crippen molar-refractivity contribution in [2.45, 2.75) is 63.5 Å². The highest BCUT2D eigenvalue weighted by Gasteiger charge is 2.43. The molecule has 39 heavy (non-hydrogen) atoms. The molecule has 16 nitrogen and oxygen atoms in total. The number of carbonyl (C=O) groups is 6. The largest absolute Gasteiger partial charge is 0.550 e. The summed E-state index contributed by atoms with van der Waals surface area (Å²) in [5.74, 6) is 3.45. The van der Waals surface area contributed by atoms with E-state index in [1.165, 1.54) is 5.01 Å².